The van der Waals surface area contributed by atoms with Gasteiger partial charge in [-0.3, -0.25) is 0 Å². The Labute approximate surface area is 67.6 Å². The Morgan fingerprint density at radius 2 is 2.18 bits per heavy atom. The fourth-order valence-corrected chi connectivity index (χ4v) is 0.597. The molecule has 0 aromatic rings. The molecule has 0 saturated heterocycles. The largest absolute Gasteiger partial charge is 0.466 e. The lowest BCUT2D eigenvalue weighted by molar-refractivity contribution is -0.134. The standard InChI is InChI=1S/C9H14O2/c1-4-5-6-8(2)7-9(10)11-3/h5-7H,4H2,1-3H3/b6-5+,8-7-. The third-order valence-corrected chi connectivity index (χ3v) is 1.16. The third-order valence-electron chi connectivity index (χ3n) is 1.16. The van der Waals surface area contributed by atoms with Crippen molar-refractivity contribution in [2.24, 2.45) is 0 Å². The van der Waals surface area contributed by atoms with Gasteiger partial charge in [-0.2, -0.15) is 0 Å². The highest BCUT2D eigenvalue weighted by Gasteiger charge is 1.91. The van der Waals surface area contributed by atoms with E-state index in [9.17, 15) is 4.79 Å². The molecule has 0 rings (SSSR count). The first-order chi connectivity index (χ1) is 5.20. The summed E-state index contributed by atoms with van der Waals surface area (Å²) in [6.07, 6.45) is 6.34. The zero-order chi connectivity index (χ0) is 8.69. The highest BCUT2D eigenvalue weighted by atomic mass is 16.5. The first-order valence-corrected chi connectivity index (χ1v) is 3.63. The van der Waals surface area contributed by atoms with Gasteiger partial charge in [-0.25, -0.2) is 4.79 Å². The average Bonchev–Trinajstić information content (AvgIpc) is 2.00. The summed E-state index contributed by atoms with van der Waals surface area (Å²) in [7, 11) is 1.37. The van der Waals surface area contributed by atoms with Crippen molar-refractivity contribution in [3.63, 3.8) is 0 Å². The van der Waals surface area contributed by atoms with Crippen molar-refractivity contribution in [3.8, 4) is 0 Å². The van der Waals surface area contributed by atoms with Crippen LogP contribution in [0.15, 0.2) is 23.8 Å². The van der Waals surface area contributed by atoms with Crippen molar-refractivity contribution in [1.29, 1.82) is 0 Å². The minimum absolute atomic E-state index is 0.303. The molecule has 0 spiro atoms. The van der Waals surface area contributed by atoms with Crippen LogP contribution in [0.1, 0.15) is 20.3 Å². The first kappa shape index (κ1) is 9.95. The predicted molar refractivity (Wildman–Crippen MR) is 45.2 cm³/mol. The number of rotatable bonds is 3. The molecule has 0 aliphatic rings. The highest BCUT2D eigenvalue weighted by Crippen LogP contribution is 1.96. The predicted octanol–water partition coefficient (Wildman–Crippen LogP) is 2.07. The minimum atomic E-state index is -0.303. The summed E-state index contributed by atoms with van der Waals surface area (Å²) in [5.74, 6) is -0.303. The molecule has 2 nitrogen and oxygen atoms in total. The van der Waals surface area contributed by atoms with E-state index in [4.69, 9.17) is 0 Å². The lowest BCUT2D eigenvalue weighted by atomic mass is 10.2. The molecule has 0 fully saturated rings. The van der Waals surface area contributed by atoms with Gasteiger partial charge in [-0.1, -0.05) is 19.1 Å². The molecule has 0 aromatic heterocycles. The number of hydrogen-bond donors (Lipinski definition) is 0. The van der Waals surface area contributed by atoms with E-state index in [1.807, 2.05) is 26.0 Å². The molecular weight excluding hydrogens is 140 g/mol. The Kier molecular flexibility index (Phi) is 5.17. The number of hydrogen-bond acceptors (Lipinski definition) is 2. The number of methoxy groups -OCH3 is 1. The van der Waals surface area contributed by atoms with Gasteiger partial charge in [0.1, 0.15) is 0 Å². The SMILES string of the molecule is CC/C=C/C(C)=C\C(=O)OC. The Balaban J connectivity index is 4.00. The lowest BCUT2D eigenvalue weighted by Crippen LogP contribution is -1.94. The van der Waals surface area contributed by atoms with E-state index >= 15 is 0 Å². The summed E-state index contributed by atoms with van der Waals surface area (Å²) in [6, 6.07) is 0. The van der Waals surface area contributed by atoms with Gasteiger partial charge in [0.15, 0.2) is 0 Å². The summed E-state index contributed by atoms with van der Waals surface area (Å²) in [4.78, 5) is 10.7. The van der Waals surface area contributed by atoms with Crippen molar-refractivity contribution >= 4 is 5.97 Å². The molecule has 0 aromatic carbocycles. The van der Waals surface area contributed by atoms with Crippen LogP contribution in [0, 0.1) is 0 Å². The fraction of sp³-hybridized carbons (Fsp3) is 0.444. The Hall–Kier alpha value is -1.05. The third kappa shape index (κ3) is 5.40. The Morgan fingerprint density at radius 3 is 2.64 bits per heavy atom. The number of carbonyl (C=O) groups excluding carboxylic acids is 1. The molecule has 0 N–H and O–H groups in total. The van der Waals surface area contributed by atoms with Crippen LogP contribution in [-0.2, 0) is 9.53 Å². The van der Waals surface area contributed by atoms with Crippen LogP contribution in [0.25, 0.3) is 0 Å². The van der Waals surface area contributed by atoms with Gasteiger partial charge in [0.25, 0.3) is 0 Å². The van der Waals surface area contributed by atoms with Crippen LogP contribution in [0.2, 0.25) is 0 Å². The van der Waals surface area contributed by atoms with Gasteiger partial charge in [0.2, 0.25) is 0 Å². The average molecular weight is 154 g/mol. The summed E-state index contributed by atoms with van der Waals surface area (Å²) in [6.45, 7) is 3.91. The molecule has 0 bridgehead atoms. The molecular formula is C9H14O2. The van der Waals surface area contributed by atoms with E-state index in [0.717, 1.165) is 12.0 Å². The van der Waals surface area contributed by atoms with E-state index in [1.165, 1.54) is 13.2 Å². The Morgan fingerprint density at radius 1 is 1.55 bits per heavy atom. The van der Waals surface area contributed by atoms with Crippen LogP contribution < -0.4 is 0 Å². The highest BCUT2D eigenvalue weighted by molar-refractivity contribution is 5.83. The van der Waals surface area contributed by atoms with E-state index in [2.05, 4.69) is 4.74 Å². The topological polar surface area (TPSA) is 26.3 Å². The van der Waals surface area contributed by atoms with Crippen LogP contribution in [0.4, 0.5) is 0 Å². The molecule has 2 heteroatoms. The summed E-state index contributed by atoms with van der Waals surface area (Å²) < 4.78 is 4.45. The van der Waals surface area contributed by atoms with Gasteiger partial charge in [-0.05, 0) is 18.9 Å². The summed E-state index contributed by atoms with van der Waals surface area (Å²) in [5, 5.41) is 0. The molecule has 0 amide bonds. The second kappa shape index (κ2) is 5.71. The van der Waals surface area contributed by atoms with Gasteiger partial charge < -0.3 is 4.74 Å². The number of esters is 1. The molecule has 62 valence electrons. The molecule has 0 aliphatic carbocycles. The fourth-order valence-electron chi connectivity index (χ4n) is 0.597. The molecule has 0 radical (unpaired) electrons. The molecule has 11 heavy (non-hydrogen) atoms. The van der Waals surface area contributed by atoms with Crippen molar-refractivity contribution in [3.05, 3.63) is 23.8 Å². The van der Waals surface area contributed by atoms with Crippen molar-refractivity contribution in [2.75, 3.05) is 7.11 Å². The second-order valence-corrected chi connectivity index (χ2v) is 2.22. The maximum Gasteiger partial charge on any atom is 0.330 e. The maximum atomic E-state index is 10.7. The zero-order valence-electron chi connectivity index (χ0n) is 7.26. The minimum Gasteiger partial charge on any atom is -0.466 e. The van der Waals surface area contributed by atoms with Crippen molar-refractivity contribution in [1.82, 2.24) is 0 Å². The van der Waals surface area contributed by atoms with Crippen LogP contribution in [-0.4, -0.2) is 13.1 Å². The van der Waals surface area contributed by atoms with Gasteiger partial charge in [0.05, 0.1) is 7.11 Å². The smallest absolute Gasteiger partial charge is 0.330 e. The first-order valence-electron chi connectivity index (χ1n) is 3.63. The van der Waals surface area contributed by atoms with Crippen LogP contribution >= 0.6 is 0 Å². The van der Waals surface area contributed by atoms with Gasteiger partial charge >= 0.3 is 5.97 Å². The quantitative estimate of drug-likeness (QED) is 0.353. The van der Waals surface area contributed by atoms with E-state index < -0.39 is 0 Å². The van der Waals surface area contributed by atoms with E-state index in [-0.39, 0.29) is 5.97 Å². The maximum absolute atomic E-state index is 10.7. The van der Waals surface area contributed by atoms with Crippen LogP contribution in [0.5, 0.6) is 0 Å². The zero-order valence-corrected chi connectivity index (χ0v) is 7.26. The van der Waals surface area contributed by atoms with Crippen molar-refractivity contribution < 1.29 is 9.53 Å². The number of allylic oxidation sites excluding steroid dienone is 3. The van der Waals surface area contributed by atoms with Gasteiger partial charge in [0, 0.05) is 6.08 Å². The van der Waals surface area contributed by atoms with Gasteiger partial charge in [-0.15, -0.1) is 0 Å². The summed E-state index contributed by atoms with van der Waals surface area (Å²) >= 11 is 0. The number of ether oxygens (including phenoxy) is 1. The monoisotopic (exact) mass is 154 g/mol. The summed E-state index contributed by atoms with van der Waals surface area (Å²) in [5.41, 5.74) is 0.915. The van der Waals surface area contributed by atoms with Crippen LogP contribution in [0.3, 0.4) is 0 Å². The molecule has 0 unspecified atom stereocenters. The molecule has 0 aliphatic heterocycles. The van der Waals surface area contributed by atoms with E-state index in [1.54, 1.807) is 0 Å². The molecule has 0 heterocycles. The Bertz CT molecular complexity index is 178. The van der Waals surface area contributed by atoms with E-state index in [0.29, 0.717) is 0 Å². The second-order valence-electron chi connectivity index (χ2n) is 2.22. The normalized spacial score (nSPS) is 12.1. The molecule has 0 saturated carbocycles. The van der Waals surface area contributed by atoms with Crippen molar-refractivity contribution in [2.45, 2.75) is 20.3 Å². The number of carbonyl (C=O) groups is 1. The lowest BCUT2D eigenvalue weighted by Gasteiger charge is -1.91. The molecule has 0 atom stereocenters.